The number of carbonyl (C=O) groups excluding carboxylic acids is 4. The maximum atomic E-state index is 13.4. The zero-order valence-electron chi connectivity index (χ0n) is 31.3. The van der Waals surface area contributed by atoms with Crippen LogP contribution >= 0.6 is 0 Å². The molecule has 12 heteroatoms. The molecule has 0 amide bonds. The van der Waals surface area contributed by atoms with E-state index in [1.54, 1.807) is 12.1 Å². The lowest BCUT2D eigenvalue weighted by Gasteiger charge is -2.62. The van der Waals surface area contributed by atoms with Gasteiger partial charge >= 0.3 is 11.9 Å². The van der Waals surface area contributed by atoms with Crippen molar-refractivity contribution in [1.29, 1.82) is 0 Å². The van der Waals surface area contributed by atoms with E-state index in [-0.39, 0.29) is 66.4 Å². The number of hydrogen-bond donors (Lipinski definition) is 2. The van der Waals surface area contributed by atoms with Gasteiger partial charge in [-0.2, -0.15) is 0 Å². The third-order valence-electron chi connectivity index (χ3n) is 16.1. The summed E-state index contributed by atoms with van der Waals surface area (Å²) in [7, 11) is 0. The van der Waals surface area contributed by atoms with Crippen LogP contribution in [0, 0.1) is 5.92 Å². The summed E-state index contributed by atoms with van der Waals surface area (Å²) in [5.41, 5.74) is -0.376. The maximum absolute atomic E-state index is 13.4. The van der Waals surface area contributed by atoms with E-state index in [0.717, 1.165) is 28.8 Å². The molecular weight excluding hydrogens is 716 g/mol. The first-order valence-corrected chi connectivity index (χ1v) is 20.7. The fraction of sp³-hybridized carbons (Fsp3) is 0.591. The Morgan fingerprint density at radius 1 is 0.857 bits per heavy atom. The van der Waals surface area contributed by atoms with Crippen LogP contribution in [0.4, 0.5) is 0 Å². The summed E-state index contributed by atoms with van der Waals surface area (Å²) in [5, 5.41) is 24.8. The number of ketones is 2. The van der Waals surface area contributed by atoms with Gasteiger partial charge in [-0.3, -0.25) is 29.0 Å². The molecule has 10 atom stereocenters. The number of unbranched alkanes of at least 4 members (excludes halogenated alkanes) is 1. The van der Waals surface area contributed by atoms with Crippen LogP contribution in [0.3, 0.4) is 0 Å². The van der Waals surface area contributed by atoms with Gasteiger partial charge in [0.05, 0.1) is 33.6 Å². The van der Waals surface area contributed by atoms with Gasteiger partial charge in [0.25, 0.3) is 0 Å². The zero-order valence-corrected chi connectivity index (χ0v) is 31.3. The average molecular weight is 763 g/mol. The lowest BCUT2D eigenvalue weighted by atomic mass is 9.49. The average Bonchev–Trinajstić information content (AvgIpc) is 3.94. The normalized spacial score (nSPS) is 40.6. The molecule has 4 unspecified atom stereocenters. The van der Waals surface area contributed by atoms with E-state index in [4.69, 9.17) is 18.9 Å². The number of nitrogens with zero attached hydrogens (tertiary/aromatic N) is 2. The second-order valence-electron chi connectivity index (χ2n) is 18.5. The molecule has 2 N–H and O–H groups in total. The van der Waals surface area contributed by atoms with Crippen LogP contribution in [0.1, 0.15) is 99.3 Å². The van der Waals surface area contributed by atoms with Gasteiger partial charge in [-0.25, -0.2) is 0 Å². The maximum Gasteiger partial charge on any atom is 0.311 e. The molecule has 10 aliphatic rings. The van der Waals surface area contributed by atoms with Gasteiger partial charge in [0, 0.05) is 62.5 Å². The van der Waals surface area contributed by atoms with Crippen LogP contribution < -0.4 is 18.9 Å². The standard InChI is InChI=1S/C44H46N2O10/c1-2-18-45-19-17-40-33-24-9-11-28(35(33)55-37(40)26(47)13-15-43(40,51)30(45)20-24)53-31(49)5-3-4-6-32(50)54-29-12-10-25-34-36(29)56-38-27(48)14-16-44(52)39-42(25,22-41(34,38)44)46(39)21-23-7-8-23/h2,9-12,23,30,37-39,51-52H,1,3-8,13-22H2/t30?,37-,38-,39?,40-,41-,42?,43+,44+,46?/m0/s1. The smallest absolute Gasteiger partial charge is 0.311 e. The zero-order chi connectivity index (χ0) is 38.1. The van der Waals surface area contributed by atoms with E-state index >= 15 is 0 Å². The minimum absolute atomic E-state index is 0.00461. The second-order valence-corrected chi connectivity index (χ2v) is 18.5. The first-order chi connectivity index (χ1) is 27.0. The highest BCUT2D eigenvalue weighted by Crippen LogP contribution is 2.82. The molecule has 6 aliphatic carbocycles. The van der Waals surface area contributed by atoms with Crippen LogP contribution in [0.25, 0.3) is 0 Å². The molecule has 12 nitrogen and oxygen atoms in total. The summed E-state index contributed by atoms with van der Waals surface area (Å²) < 4.78 is 24.5. The number of likely N-dealkylation sites (tertiary alicyclic amines) is 2. The molecule has 12 rings (SSSR count). The predicted molar refractivity (Wildman–Crippen MR) is 197 cm³/mol. The fourth-order valence-electron chi connectivity index (χ4n) is 13.7. The molecule has 2 aromatic carbocycles. The molecule has 2 saturated heterocycles. The van der Waals surface area contributed by atoms with Crippen molar-refractivity contribution in [2.75, 3.05) is 19.6 Å². The molecule has 4 saturated carbocycles. The first kappa shape index (κ1) is 34.0. The number of aliphatic hydroxyl groups is 2. The number of rotatable bonds is 11. The monoisotopic (exact) mass is 762 g/mol. The number of fused-ring (bicyclic) bond motifs is 1. The fourth-order valence-corrected chi connectivity index (χ4v) is 13.7. The van der Waals surface area contributed by atoms with Crippen molar-refractivity contribution >= 4 is 23.5 Å². The molecule has 56 heavy (non-hydrogen) atoms. The number of hydrogen-bond acceptors (Lipinski definition) is 12. The highest BCUT2D eigenvalue weighted by Gasteiger charge is 2.92. The van der Waals surface area contributed by atoms with Crippen molar-refractivity contribution in [2.24, 2.45) is 5.92 Å². The molecule has 4 aliphatic heterocycles. The van der Waals surface area contributed by atoms with E-state index in [2.05, 4.69) is 16.4 Å². The quantitative estimate of drug-likeness (QED) is 0.113. The van der Waals surface area contributed by atoms with Gasteiger partial charge < -0.3 is 29.2 Å². The first-order valence-electron chi connectivity index (χ1n) is 20.7. The summed E-state index contributed by atoms with van der Waals surface area (Å²) in [6, 6.07) is 7.28. The molecule has 4 heterocycles. The van der Waals surface area contributed by atoms with Crippen molar-refractivity contribution < 1.29 is 48.3 Å². The van der Waals surface area contributed by atoms with E-state index in [0.29, 0.717) is 75.5 Å². The van der Waals surface area contributed by atoms with Crippen LogP contribution in [0.5, 0.6) is 23.0 Å². The van der Waals surface area contributed by atoms with E-state index in [9.17, 15) is 29.4 Å². The molecule has 292 valence electrons. The van der Waals surface area contributed by atoms with Crippen molar-refractivity contribution in [3.8, 4) is 23.0 Å². The Labute approximate surface area is 324 Å². The van der Waals surface area contributed by atoms with Crippen LogP contribution in [0.15, 0.2) is 36.9 Å². The van der Waals surface area contributed by atoms with Crippen molar-refractivity contribution in [1.82, 2.24) is 9.80 Å². The largest absolute Gasteiger partial charge is 0.477 e. The van der Waals surface area contributed by atoms with Gasteiger partial charge in [0.1, 0.15) is 0 Å². The lowest BCUT2D eigenvalue weighted by molar-refractivity contribution is -0.187. The Morgan fingerprint density at radius 3 is 2.18 bits per heavy atom. The molecule has 2 aromatic rings. The highest BCUT2D eigenvalue weighted by atomic mass is 16.6. The van der Waals surface area contributed by atoms with Gasteiger partial charge in [-0.15, -0.1) is 6.58 Å². The van der Waals surface area contributed by atoms with E-state index < -0.39 is 46.2 Å². The Balaban J connectivity index is 0.725. The van der Waals surface area contributed by atoms with Crippen molar-refractivity contribution in [2.45, 2.75) is 135 Å². The number of benzene rings is 2. The molecule has 0 radical (unpaired) electrons. The topological polar surface area (TPSA) is 152 Å². The predicted octanol–water partition coefficient (Wildman–Crippen LogP) is 3.47. The molecule has 6 fully saturated rings. The third kappa shape index (κ3) is 3.81. The highest BCUT2D eigenvalue weighted by molar-refractivity contribution is 5.93. The number of Topliss-reactive ketones (excluding diaryl/α,β-unsaturated/α-hetero) is 2. The number of carbonyl (C=O) groups is 4. The number of piperidine rings is 2. The van der Waals surface area contributed by atoms with Crippen LogP contribution in [0.2, 0.25) is 0 Å². The summed E-state index contributed by atoms with van der Waals surface area (Å²) in [5.74, 6) is 1.01. The summed E-state index contributed by atoms with van der Waals surface area (Å²) in [6.07, 6.45) is 6.67. The summed E-state index contributed by atoms with van der Waals surface area (Å²) >= 11 is 0. The van der Waals surface area contributed by atoms with Gasteiger partial charge in [0.2, 0.25) is 0 Å². The van der Waals surface area contributed by atoms with Crippen molar-refractivity contribution in [3.63, 3.8) is 0 Å². The Hall–Kier alpha value is -4.10. The lowest BCUT2D eigenvalue weighted by Crippen LogP contribution is -2.76. The third-order valence-corrected chi connectivity index (χ3v) is 16.1. The number of esters is 2. The summed E-state index contributed by atoms with van der Waals surface area (Å²) in [4.78, 5) is 57.8. The molecule has 4 bridgehead atoms. The molecule has 0 aromatic heterocycles. The second kappa shape index (κ2) is 10.9. The van der Waals surface area contributed by atoms with E-state index in [1.807, 2.05) is 18.2 Å². The Kier molecular flexibility index (Phi) is 6.61. The minimum atomic E-state index is -1.15. The van der Waals surface area contributed by atoms with Gasteiger partial charge in [-0.1, -0.05) is 18.2 Å². The summed E-state index contributed by atoms with van der Waals surface area (Å²) in [6.45, 7) is 6.22. The Morgan fingerprint density at radius 2 is 1.50 bits per heavy atom. The minimum Gasteiger partial charge on any atom is -0.477 e. The molecular formula is C44H46N2O10. The van der Waals surface area contributed by atoms with Gasteiger partial charge in [0.15, 0.2) is 46.8 Å². The van der Waals surface area contributed by atoms with E-state index in [1.165, 1.54) is 12.8 Å². The molecule has 3 spiro atoms. The van der Waals surface area contributed by atoms with Gasteiger partial charge in [-0.05, 0) is 87.0 Å². The Bertz CT molecular complexity index is 2220. The number of ether oxygens (including phenoxy) is 4. The van der Waals surface area contributed by atoms with Crippen LogP contribution in [-0.4, -0.2) is 98.6 Å². The van der Waals surface area contributed by atoms with Crippen molar-refractivity contribution in [3.05, 3.63) is 59.2 Å². The van der Waals surface area contributed by atoms with Crippen LogP contribution in [-0.2, 0) is 42.0 Å². The SMILES string of the molecule is C=CCN1CC[C@]23c4c5ccc(OC(=O)CCCCC(=O)Oc6ccc7c8c6O[C@H]6C(=O)CC[C@@]9(O)C%10N(CC%11CC%11)C7%10C[C@]869)c4O[C@H]2C(=O)CC[C@@]3(O)C1C5.